The van der Waals surface area contributed by atoms with Crippen LogP contribution in [0.3, 0.4) is 0 Å². The Bertz CT molecular complexity index is 2600. The number of rotatable bonds is 12. The van der Waals surface area contributed by atoms with Gasteiger partial charge < -0.3 is 14.5 Å². The van der Waals surface area contributed by atoms with Crippen molar-refractivity contribution in [2.24, 2.45) is 21.6 Å². The standard InChI is InChI=1S/C44H46F2N10/c1-43(2,3)27-55-25-32(23-51-55)35-8-10-36(28-6-7-28)52-41(35)30-13-16-56-33(24-50-39(56)19-30)20-44(4,5)26-48-22-31(21-47)34-9-11-37(42(45)46)53-40(34)29-12-15-54-17-14-49-38(54)18-29/h8-19,21-25,28,42H,6-7,20,26-27,47H2,1-5H3. The van der Waals surface area contributed by atoms with Gasteiger partial charge in [0.15, 0.2) is 0 Å². The second-order valence-electron chi connectivity index (χ2n) is 16.8. The number of hydrogen-bond acceptors (Lipinski definition) is 7. The van der Waals surface area contributed by atoms with Crippen molar-refractivity contribution in [2.45, 2.75) is 72.8 Å². The smallest absolute Gasteiger partial charge is 0.280 e. The van der Waals surface area contributed by atoms with Crippen LogP contribution in [0.15, 0.2) is 103 Å². The molecule has 0 aromatic carbocycles. The number of imidazole rings is 2. The second-order valence-corrected chi connectivity index (χ2v) is 16.8. The van der Waals surface area contributed by atoms with Gasteiger partial charge in [0.25, 0.3) is 6.43 Å². The molecular weight excluding hydrogens is 707 g/mol. The summed E-state index contributed by atoms with van der Waals surface area (Å²) in [6, 6.07) is 15.2. The van der Waals surface area contributed by atoms with Gasteiger partial charge in [0.2, 0.25) is 0 Å². The molecule has 56 heavy (non-hydrogen) atoms. The van der Waals surface area contributed by atoms with Gasteiger partial charge in [-0.3, -0.25) is 14.7 Å². The zero-order valence-electron chi connectivity index (χ0n) is 32.4. The molecule has 2 N–H and O–H groups in total. The summed E-state index contributed by atoms with van der Waals surface area (Å²) in [6.45, 7) is 12.3. The SMILES string of the molecule is CC(C)(C)Cn1cc(-c2ccc(C3CC3)nc2-c2ccn3c(CC(C)(C)CN=CC(=CN)c4ccc(C(F)F)nc4-c4ccn5ccnc5c4)cnc3c2)cn1. The van der Waals surface area contributed by atoms with Crippen LogP contribution in [-0.4, -0.2) is 51.3 Å². The number of hydrogen-bond donors (Lipinski definition) is 1. The van der Waals surface area contributed by atoms with Crippen molar-refractivity contribution in [3.63, 3.8) is 0 Å². The number of alkyl halides is 2. The quantitative estimate of drug-likeness (QED) is 0.124. The van der Waals surface area contributed by atoms with E-state index in [1.54, 1.807) is 18.5 Å². The van der Waals surface area contributed by atoms with Crippen LogP contribution in [0.1, 0.15) is 82.4 Å². The molecule has 1 aliphatic rings. The Kier molecular flexibility index (Phi) is 9.59. The molecule has 0 unspecified atom stereocenters. The van der Waals surface area contributed by atoms with Gasteiger partial charge in [-0.25, -0.2) is 23.7 Å². The minimum Gasteiger partial charge on any atom is -0.404 e. The molecule has 0 amide bonds. The van der Waals surface area contributed by atoms with E-state index < -0.39 is 6.43 Å². The number of aliphatic imine (C=N–C) groups is 1. The van der Waals surface area contributed by atoms with Crippen molar-refractivity contribution in [3.8, 4) is 33.6 Å². The molecule has 0 radical (unpaired) electrons. The number of fused-ring (bicyclic) bond motifs is 2. The van der Waals surface area contributed by atoms with Crippen LogP contribution in [0.2, 0.25) is 0 Å². The Morgan fingerprint density at radius 2 is 1.68 bits per heavy atom. The molecule has 0 bridgehead atoms. The van der Waals surface area contributed by atoms with E-state index in [1.165, 1.54) is 25.1 Å². The lowest BCUT2D eigenvalue weighted by Crippen LogP contribution is -2.20. The number of halogens is 2. The molecule has 7 aromatic rings. The van der Waals surface area contributed by atoms with Crippen molar-refractivity contribution >= 4 is 23.1 Å². The van der Waals surface area contributed by atoms with Crippen LogP contribution in [0.4, 0.5) is 8.78 Å². The van der Waals surface area contributed by atoms with Crippen molar-refractivity contribution in [1.29, 1.82) is 0 Å². The van der Waals surface area contributed by atoms with E-state index in [-0.39, 0.29) is 16.5 Å². The fourth-order valence-corrected chi connectivity index (χ4v) is 7.17. The average Bonchev–Trinajstić information content (AvgIpc) is 3.53. The van der Waals surface area contributed by atoms with Crippen LogP contribution >= 0.6 is 0 Å². The van der Waals surface area contributed by atoms with Crippen LogP contribution in [0.5, 0.6) is 0 Å². The molecule has 1 saturated carbocycles. The average molecular weight is 753 g/mol. The lowest BCUT2D eigenvalue weighted by molar-refractivity contribution is 0.146. The maximum atomic E-state index is 13.8. The highest BCUT2D eigenvalue weighted by atomic mass is 19.3. The fraction of sp³-hybridized carbons (Fsp3) is 0.318. The molecule has 12 heteroatoms. The minimum atomic E-state index is -2.72. The van der Waals surface area contributed by atoms with Crippen molar-refractivity contribution < 1.29 is 8.78 Å². The highest BCUT2D eigenvalue weighted by Crippen LogP contribution is 2.42. The van der Waals surface area contributed by atoms with E-state index in [0.717, 1.165) is 46.0 Å². The van der Waals surface area contributed by atoms with Gasteiger partial charge in [-0.05, 0) is 66.5 Å². The molecular formula is C44H46F2N10. The van der Waals surface area contributed by atoms with E-state index in [9.17, 15) is 8.78 Å². The first-order chi connectivity index (χ1) is 26.8. The first-order valence-corrected chi connectivity index (χ1v) is 19.0. The summed E-state index contributed by atoms with van der Waals surface area (Å²) in [5.41, 5.74) is 15.7. The van der Waals surface area contributed by atoms with Gasteiger partial charge in [-0.15, -0.1) is 0 Å². The van der Waals surface area contributed by atoms with Gasteiger partial charge in [0.1, 0.15) is 17.0 Å². The number of nitrogens with two attached hydrogens (primary N) is 1. The van der Waals surface area contributed by atoms with Gasteiger partial charge in [-0.2, -0.15) is 5.10 Å². The molecule has 8 rings (SSSR count). The third-order valence-corrected chi connectivity index (χ3v) is 10.1. The maximum Gasteiger partial charge on any atom is 0.280 e. The molecule has 0 aliphatic heterocycles. The first kappa shape index (κ1) is 36.9. The van der Waals surface area contributed by atoms with Crippen LogP contribution in [0.25, 0.3) is 50.5 Å². The molecule has 1 fully saturated rings. The predicted molar refractivity (Wildman–Crippen MR) is 217 cm³/mol. The summed E-state index contributed by atoms with van der Waals surface area (Å²) >= 11 is 0. The van der Waals surface area contributed by atoms with E-state index in [1.807, 2.05) is 46.0 Å². The molecule has 0 saturated heterocycles. The van der Waals surface area contributed by atoms with Gasteiger partial charge >= 0.3 is 0 Å². The highest BCUT2D eigenvalue weighted by Gasteiger charge is 2.27. The van der Waals surface area contributed by atoms with Crippen LogP contribution in [-0.2, 0) is 13.0 Å². The number of allylic oxidation sites excluding steroid dienone is 1. The van der Waals surface area contributed by atoms with Crippen LogP contribution in [0, 0.1) is 10.8 Å². The van der Waals surface area contributed by atoms with Crippen molar-refractivity contribution in [1.82, 2.24) is 38.5 Å². The number of pyridine rings is 4. The molecule has 0 atom stereocenters. The van der Waals surface area contributed by atoms with Gasteiger partial charge in [0, 0.05) is 113 Å². The van der Waals surface area contributed by atoms with Crippen LogP contribution < -0.4 is 5.73 Å². The van der Waals surface area contributed by atoms with Crippen molar-refractivity contribution in [3.05, 3.63) is 121 Å². The molecule has 0 spiro atoms. The summed E-state index contributed by atoms with van der Waals surface area (Å²) in [4.78, 5) is 23.6. The van der Waals surface area contributed by atoms with Crippen molar-refractivity contribution in [2.75, 3.05) is 6.54 Å². The zero-order valence-corrected chi connectivity index (χ0v) is 32.4. The normalized spacial score (nSPS) is 14.2. The van der Waals surface area contributed by atoms with E-state index in [2.05, 4.69) is 90.7 Å². The third-order valence-electron chi connectivity index (χ3n) is 10.1. The van der Waals surface area contributed by atoms with Gasteiger partial charge in [0.05, 0.1) is 17.6 Å². The van der Waals surface area contributed by atoms with Gasteiger partial charge in [-0.1, -0.05) is 46.8 Å². The number of nitrogens with zero attached hydrogens (tertiary/aromatic N) is 9. The molecule has 1 aliphatic carbocycles. The molecule has 10 nitrogen and oxygen atoms in total. The Labute approximate surface area is 324 Å². The summed E-state index contributed by atoms with van der Waals surface area (Å²) in [7, 11) is 0. The zero-order chi connectivity index (χ0) is 39.2. The monoisotopic (exact) mass is 752 g/mol. The lowest BCUT2D eigenvalue weighted by atomic mass is 9.88. The van der Waals surface area contributed by atoms with E-state index in [4.69, 9.17) is 20.7 Å². The lowest BCUT2D eigenvalue weighted by Gasteiger charge is -2.22. The molecule has 286 valence electrons. The Balaban J connectivity index is 1.02. The second kappa shape index (κ2) is 14.6. The minimum absolute atomic E-state index is 0.113. The molecule has 7 aromatic heterocycles. The largest absolute Gasteiger partial charge is 0.404 e. The maximum absolute atomic E-state index is 13.8. The summed E-state index contributed by atoms with van der Waals surface area (Å²) in [5.74, 6) is 0.525. The van der Waals surface area contributed by atoms with E-state index >= 15 is 0 Å². The fourth-order valence-electron chi connectivity index (χ4n) is 7.17. The summed E-state index contributed by atoms with van der Waals surface area (Å²) < 4.78 is 33.5. The topological polar surface area (TPSA) is 117 Å². The third kappa shape index (κ3) is 7.87. The Hall–Kier alpha value is -6.04. The summed E-state index contributed by atoms with van der Waals surface area (Å²) in [6.07, 6.45) is 16.9. The Morgan fingerprint density at radius 1 is 0.893 bits per heavy atom. The Morgan fingerprint density at radius 3 is 2.45 bits per heavy atom. The number of aromatic nitrogens is 8. The predicted octanol–water partition coefficient (Wildman–Crippen LogP) is 9.47. The highest BCUT2D eigenvalue weighted by molar-refractivity contribution is 6.11. The summed E-state index contributed by atoms with van der Waals surface area (Å²) in [5, 5.41) is 4.68. The molecule has 7 heterocycles. The first-order valence-electron chi connectivity index (χ1n) is 19.0. The van der Waals surface area contributed by atoms with E-state index in [0.29, 0.717) is 46.9 Å².